The predicted molar refractivity (Wildman–Crippen MR) is 127 cm³/mol. The van der Waals surface area contributed by atoms with E-state index >= 15 is 0 Å². The molecule has 166 valence electrons. The van der Waals surface area contributed by atoms with Crippen LogP contribution >= 0.6 is 0 Å². The molecule has 0 aliphatic heterocycles. The van der Waals surface area contributed by atoms with Crippen LogP contribution in [0.15, 0.2) is 79.0 Å². The Balaban J connectivity index is 1.57. The molecule has 1 heterocycles. The summed E-state index contributed by atoms with van der Waals surface area (Å²) in [5, 5.41) is 0. The van der Waals surface area contributed by atoms with Gasteiger partial charge in [0.05, 0.1) is 12.7 Å². The molecule has 32 heavy (non-hydrogen) atoms. The average Bonchev–Trinajstić information content (AvgIpc) is 3.27. The van der Waals surface area contributed by atoms with E-state index in [0.29, 0.717) is 18.7 Å². The second-order valence-electron chi connectivity index (χ2n) is 7.87. The van der Waals surface area contributed by atoms with Crippen molar-refractivity contribution >= 4 is 18.0 Å². The van der Waals surface area contributed by atoms with Crippen molar-refractivity contribution in [2.75, 3.05) is 20.7 Å². The van der Waals surface area contributed by atoms with Gasteiger partial charge in [0.1, 0.15) is 6.54 Å². The molecule has 0 saturated carbocycles. The molecule has 0 aliphatic rings. The van der Waals surface area contributed by atoms with Gasteiger partial charge in [-0.3, -0.25) is 4.79 Å². The van der Waals surface area contributed by atoms with Crippen molar-refractivity contribution in [3.05, 3.63) is 101 Å². The van der Waals surface area contributed by atoms with Crippen molar-refractivity contribution in [1.29, 1.82) is 0 Å². The third-order valence-corrected chi connectivity index (χ3v) is 5.59. The zero-order valence-electron chi connectivity index (χ0n) is 18.9. The van der Waals surface area contributed by atoms with E-state index in [1.165, 1.54) is 12.7 Å². The largest absolute Gasteiger partial charge is 0.465 e. The fourth-order valence-electron chi connectivity index (χ4n) is 3.45. The zero-order chi connectivity index (χ0) is 22.9. The van der Waals surface area contributed by atoms with Crippen molar-refractivity contribution in [3.8, 4) is 0 Å². The first-order chi connectivity index (χ1) is 15.5. The number of esters is 1. The van der Waals surface area contributed by atoms with Gasteiger partial charge in [-0.1, -0.05) is 55.5 Å². The van der Waals surface area contributed by atoms with Crippen molar-refractivity contribution in [2.24, 2.45) is 0 Å². The number of methoxy groups -OCH3 is 1. The minimum Gasteiger partial charge on any atom is -0.465 e. The van der Waals surface area contributed by atoms with Crippen molar-refractivity contribution in [3.63, 3.8) is 0 Å². The molecule has 5 heteroatoms. The molecule has 5 nitrogen and oxygen atoms in total. The molecule has 0 fully saturated rings. The number of carbonyl (C=O) groups excluding carboxylic acids is 2. The van der Waals surface area contributed by atoms with E-state index < -0.39 is 0 Å². The van der Waals surface area contributed by atoms with Gasteiger partial charge >= 0.3 is 5.97 Å². The maximum Gasteiger partial charge on any atom is 0.337 e. The lowest BCUT2D eigenvalue weighted by Gasteiger charge is -2.18. The number of benzene rings is 2. The summed E-state index contributed by atoms with van der Waals surface area (Å²) in [6.07, 6.45) is 6.91. The summed E-state index contributed by atoms with van der Waals surface area (Å²) in [6.45, 7) is 3.09. The number of allylic oxidation sites excluding steroid dienone is 1. The van der Waals surface area contributed by atoms with Crippen molar-refractivity contribution in [1.82, 2.24) is 9.47 Å². The summed E-state index contributed by atoms with van der Waals surface area (Å²) in [7, 11) is 3.23. The highest BCUT2D eigenvalue weighted by atomic mass is 16.5. The van der Waals surface area contributed by atoms with E-state index in [-0.39, 0.29) is 17.8 Å². The molecule has 1 unspecified atom stereocenters. The molecule has 2 aromatic carbocycles. The van der Waals surface area contributed by atoms with Gasteiger partial charge < -0.3 is 14.2 Å². The molecular weight excluding hydrogens is 400 g/mol. The molecule has 1 atom stereocenters. The molecule has 1 aromatic heterocycles. The number of aromatic nitrogens is 1. The van der Waals surface area contributed by atoms with Gasteiger partial charge in [-0.2, -0.15) is 0 Å². The Labute approximate surface area is 189 Å². The maximum atomic E-state index is 12.7. The number of likely N-dealkylation sites (N-methyl/N-ethyl adjacent to an activating group) is 1. The number of amides is 1. The summed E-state index contributed by atoms with van der Waals surface area (Å²) >= 11 is 0. The predicted octanol–water partition coefficient (Wildman–Crippen LogP) is 4.79. The van der Waals surface area contributed by atoms with Gasteiger partial charge in [-0.15, -0.1) is 0 Å². The van der Waals surface area contributed by atoms with Crippen LogP contribution in [0, 0.1) is 0 Å². The second-order valence-corrected chi connectivity index (χ2v) is 7.87. The SMILES string of the molecule is COC(=O)c1ccc(C(C)/C=C/c2cccn2CC(=O)N(C)CCc2ccccc2)cc1. The van der Waals surface area contributed by atoms with Crippen LogP contribution in [0.4, 0.5) is 0 Å². The lowest BCUT2D eigenvalue weighted by Crippen LogP contribution is -2.32. The molecule has 3 aromatic rings. The van der Waals surface area contributed by atoms with E-state index in [1.807, 2.05) is 66.4 Å². The van der Waals surface area contributed by atoms with Crippen LogP contribution in [0.25, 0.3) is 6.08 Å². The Hall–Kier alpha value is -3.60. The third kappa shape index (κ3) is 6.20. The number of rotatable bonds is 9. The van der Waals surface area contributed by atoms with Gasteiger partial charge in [0.25, 0.3) is 0 Å². The number of carbonyl (C=O) groups is 2. The number of ether oxygens (including phenoxy) is 1. The number of hydrogen-bond acceptors (Lipinski definition) is 3. The van der Waals surface area contributed by atoms with E-state index in [1.54, 1.807) is 17.0 Å². The smallest absolute Gasteiger partial charge is 0.337 e. The minimum atomic E-state index is -0.337. The fourth-order valence-corrected chi connectivity index (χ4v) is 3.45. The van der Waals surface area contributed by atoms with Gasteiger partial charge in [0, 0.05) is 25.5 Å². The third-order valence-electron chi connectivity index (χ3n) is 5.59. The minimum absolute atomic E-state index is 0.0817. The first kappa shape index (κ1) is 23.1. The first-order valence-electron chi connectivity index (χ1n) is 10.8. The topological polar surface area (TPSA) is 51.5 Å². The Morgan fingerprint density at radius 2 is 1.75 bits per heavy atom. The second kappa shape index (κ2) is 11.1. The average molecular weight is 431 g/mol. The van der Waals surface area contributed by atoms with Crippen molar-refractivity contribution in [2.45, 2.75) is 25.8 Å². The van der Waals surface area contributed by atoms with Crippen LogP contribution in [0.5, 0.6) is 0 Å². The van der Waals surface area contributed by atoms with E-state index in [2.05, 4.69) is 25.1 Å². The van der Waals surface area contributed by atoms with Crippen LogP contribution in [0.1, 0.15) is 40.0 Å². The van der Waals surface area contributed by atoms with Crippen molar-refractivity contribution < 1.29 is 14.3 Å². The normalized spacial score (nSPS) is 12.0. The lowest BCUT2D eigenvalue weighted by atomic mass is 9.99. The molecule has 0 radical (unpaired) electrons. The van der Waals surface area contributed by atoms with Crippen LogP contribution in [-0.2, 0) is 22.5 Å². The molecule has 3 rings (SSSR count). The lowest BCUT2D eigenvalue weighted by molar-refractivity contribution is -0.130. The standard InChI is InChI=1S/C27H30N2O3/c1-21(23-12-14-24(15-13-23)27(31)32-3)11-16-25-10-7-18-29(25)20-26(30)28(2)19-17-22-8-5-4-6-9-22/h4-16,18,21H,17,19-20H2,1-3H3/b16-11+. The zero-order valence-corrected chi connectivity index (χ0v) is 18.9. The number of nitrogens with zero attached hydrogens (tertiary/aromatic N) is 2. The molecular formula is C27H30N2O3. The van der Waals surface area contributed by atoms with Gasteiger partial charge in [0.15, 0.2) is 0 Å². The van der Waals surface area contributed by atoms with Crippen LogP contribution < -0.4 is 0 Å². The Bertz CT molecular complexity index is 1050. The summed E-state index contributed by atoms with van der Waals surface area (Å²) in [6, 6.07) is 21.6. The van der Waals surface area contributed by atoms with Crippen LogP contribution in [-0.4, -0.2) is 42.0 Å². The van der Waals surface area contributed by atoms with Crippen LogP contribution in [0.3, 0.4) is 0 Å². The molecule has 0 N–H and O–H groups in total. The van der Waals surface area contributed by atoms with Crippen LogP contribution in [0.2, 0.25) is 0 Å². The van der Waals surface area contributed by atoms with E-state index in [4.69, 9.17) is 4.74 Å². The quantitative estimate of drug-likeness (QED) is 0.459. The highest BCUT2D eigenvalue weighted by molar-refractivity contribution is 5.89. The highest BCUT2D eigenvalue weighted by Gasteiger charge is 2.11. The first-order valence-corrected chi connectivity index (χ1v) is 10.8. The summed E-state index contributed by atoms with van der Waals surface area (Å²) in [4.78, 5) is 26.1. The van der Waals surface area contributed by atoms with E-state index in [9.17, 15) is 9.59 Å². The Kier molecular flexibility index (Phi) is 8.03. The fraction of sp³-hybridized carbons (Fsp3) is 0.259. The van der Waals surface area contributed by atoms with Gasteiger partial charge in [-0.05, 0) is 53.8 Å². The number of hydrogen-bond donors (Lipinski definition) is 0. The summed E-state index contributed by atoms with van der Waals surface area (Å²) < 4.78 is 6.71. The summed E-state index contributed by atoms with van der Waals surface area (Å²) in [5.41, 5.74) is 3.85. The maximum absolute atomic E-state index is 12.7. The Morgan fingerprint density at radius 1 is 1.03 bits per heavy atom. The molecule has 0 aliphatic carbocycles. The van der Waals surface area contributed by atoms with E-state index in [0.717, 1.165) is 17.7 Å². The highest BCUT2D eigenvalue weighted by Crippen LogP contribution is 2.19. The Morgan fingerprint density at radius 3 is 2.44 bits per heavy atom. The molecule has 0 spiro atoms. The van der Waals surface area contributed by atoms with Gasteiger partial charge in [0.2, 0.25) is 5.91 Å². The summed E-state index contributed by atoms with van der Waals surface area (Å²) in [5.74, 6) is -0.0940. The molecule has 1 amide bonds. The van der Waals surface area contributed by atoms with Gasteiger partial charge in [-0.25, -0.2) is 4.79 Å². The molecule has 0 bridgehead atoms. The monoisotopic (exact) mass is 430 g/mol. The molecule has 0 saturated heterocycles.